The third-order valence-electron chi connectivity index (χ3n) is 4.13. The first-order valence-corrected chi connectivity index (χ1v) is 14.8. The maximum Gasteiger partial charge on any atom is 0.0775 e. The van der Waals surface area contributed by atoms with Crippen molar-refractivity contribution in [2.75, 3.05) is 0 Å². The predicted molar refractivity (Wildman–Crippen MR) is 94.8 cm³/mol. The Bertz CT molecular complexity index is 455. The van der Waals surface area contributed by atoms with Gasteiger partial charge in [0, 0.05) is 0 Å². The Morgan fingerprint density at radius 3 is 1.40 bits per heavy atom. The molecule has 2 heteroatoms. The summed E-state index contributed by atoms with van der Waals surface area (Å²) in [6.45, 7) is 14.7. The first-order valence-electron chi connectivity index (χ1n) is 7.81. The Morgan fingerprint density at radius 1 is 0.750 bits per heavy atom. The quantitative estimate of drug-likeness (QED) is 0.576. The number of rotatable bonds is 5. The monoisotopic (exact) mass is 300 g/mol. The van der Waals surface area contributed by atoms with E-state index in [1.54, 1.807) is 10.4 Å². The van der Waals surface area contributed by atoms with E-state index in [9.17, 15) is 0 Å². The molecule has 0 saturated carbocycles. The minimum Gasteiger partial charge on any atom is -0.0806 e. The summed E-state index contributed by atoms with van der Waals surface area (Å²) in [6.07, 6.45) is 16.4. The molecule has 0 aromatic rings. The van der Waals surface area contributed by atoms with Crippen LogP contribution in [0.3, 0.4) is 0 Å². The second-order valence-corrected chi connectivity index (χ2v) is 18.0. The van der Waals surface area contributed by atoms with Crippen molar-refractivity contribution < 1.29 is 0 Å². The molecular weight excluding hydrogens is 272 g/mol. The summed E-state index contributed by atoms with van der Waals surface area (Å²) in [7, 11) is -2.38. The van der Waals surface area contributed by atoms with Gasteiger partial charge in [-0.1, -0.05) is 61.8 Å². The highest BCUT2D eigenvalue weighted by molar-refractivity contribution is 6.84. The molecule has 0 nitrogen and oxygen atoms in total. The lowest BCUT2D eigenvalue weighted by molar-refractivity contribution is 0.952. The van der Waals surface area contributed by atoms with Crippen LogP contribution >= 0.6 is 0 Å². The van der Waals surface area contributed by atoms with E-state index in [-0.39, 0.29) is 0 Å². The summed E-state index contributed by atoms with van der Waals surface area (Å²) < 4.78 is 0. The molecule has 0 spiro atoms. The molecule has 2 aliphatic carbocycles. The summed E-state index contributed by atoms with van der Waals surface area (Å²) in [4.78, 5) is 0. The maximum absolute atomic E-state index is 3.60. The summed E-state index contributed by atoms with van der Waals surface area (Å²) in [6, 6.07) is 0. The second kappa shape index (κ2) is 5.65. The number of hydrogen-bond donors (Lipinski definition) is 0. The van der Waals surface area contributed by atoms with Gasteiger partial charge in [-0.05, 0) is 49.0 Å². The van der Waals surface area contributed by atoms with E-state index in [1.807, 2.05) is 0 Å². The van der Waals surface area contributed by atoms with Crippen LogP contribution in [-0.2, 0) is 0 Å². The fourth-order valence-electron chi connectivity index (χ4n) is 3.20. The fraction of sp³-hybridized carbons (Fsp3) is 0.556. The van der Waals surface area contributed by atoms with Gasteiger partial charge in [0.1, 0.15) is 0 Å². The Labute approximate surface area is 127 Å². The highest BCUT2D eigenvalue weighted by Crippen LogP contribution is 2.35. The Morgan fingerprint density at radius 2 is 1.10 bits per heavy atom. The van der Waals surface area contributed by atoms with Crippen molar-refractivity contribution in [2.24, 2.45) is 0 Å². The van der Waals surface area contributed by atoms with Crippen LogP contribution in [0, 0.1) is 12.2 Å². The minimum atomic E-state index is -1.19. The van der Waals surface area contributed by atoms with Gasteiger partial charge >= 0.3 is 0 Å². The van der Waals surface area contributed by atoms with Crippen LogP contribution in [0.25, 0.3) is 0 Å². The molecule has 0 aromatic heterocycles. The van der Waals surface area contributed by atoms with Gasteiger partial charge in [0.25, 0.3) is 0 Å². The van der Waals surface area contributed by atoms with Crippen LogP contribution in [0.5, 0.6) is 0 Å². The number of hydrogen-bond acceptors (Lipinski definition) is 0. The minimum absolute atomic E-state index is 1.04. The summed E-state index contributed by atoms with van der Waals surface area (Å²) in [5, 5.41) is 3.30. The Kier molecular flexibility index (Phi) is 4.45. The molecule has 0 N–H and O–H groups in total. The zero-order valence-corrected chi connectivity index (χ0v) is 16.0. The van der Waals surface area contributed by atoms with Crippen molar-refractivity contribution >= 4 is 16.1 Å². The SMILES string of the molecule is C[Si](C)(C)C1=CC[C]=C1CCC1=[C]CC=C1[Si](C)(C)C. The third kappa shape index (κ3) is 3.53. The summed E-state index contributed by atoms with van der Waals surface area (Å²) in [5.41, 5.74) is 3.03. The molecule has 0 bridgehead atoms. The highest BCUT2D eigenvalue weighted by atomic mass is 28.3. The van der Waals surface area contributed by atoms with Crippen molar-refractivity contribution in [3.05, 3.63) is 45.8 Å². The number of allylic oxidation sites excluding steroid dienone is 8. The van der Waals surface area contributed by atoms with Crippen molar-refractivity contribution in [3.63, 3.8) is 0 Å². The Hall–Kier alpha value is -0.606. The Balaban J connectivity index is 2.01. The van der Waals surface area contributed by atoms with Crippen LogP contribution in [0.1, 0.15) is 25.7 Å². The maximum atomic E-state index is 3.60. The zero-order valence-electron chi connectivity index (χ0n) is 14.0. The molecule has 0 unspecified atom stereocenters. The average molecular weight is 301 g/mol. The normalized spacial score (nSPS) is 19.7. The lowest BCUT2D eigenvalue weighted by atomic mass is 10.1. The topological polar surface area (TPSA) is 0 Å². The fourth-order valence-corrected chi connectivity index (χ4v) is 6.87. The van der Waals surface area contributed by atoms with Crippen LogP contribution in [0.4, 0.5) is 0 Å². The lowest BCUT2D eigenvalue weighted by Gasteiger charge is -2.24. The van der Waals surface area contributed by atoms with E-state index < -0.39 is 16.1 Å². The van der Waals surface area contributed by atoms with Crippen LogP contribution < -0.4 is 0 Å². The predicted octanol–water partition coefficient (Wildman–Crippen LogP) is 5.64. The molecular formula is C18H28Si2. The van der Waals surface area contributed by atoms with Crippen LogP contribution in [0.2, 0.25) is 39.3 Å². The standard InChI is InChI=1S/C18H28Si2/c1-19(2,3)17-11-7-9-15(17)13-14-16-10-8-12-18(16)20(4,5)6/h11-12H,7-8,13-14H2,1-6H3. The molecule has 2 radical (unpaired) electrons. The third-order valence-corrected chi connectivity index (χ3v) is 8.38. The van der Waals surface area contributed by atoms with E-state index >= 15 is 0 Å². The molecule has 0 heterocycles. The van der Waals surface area contributed by atoms with Gasteiger partial charge < -0.3 is 0 Å². The van der Waals surface area contributed by atoms with E-state index in [0.29, 0.717) is 0 Å². The van der Waals surface area contributed by atoms with Crippen molar-refractivity contribution in [3.8, 4) is 0 Å². The smallest absolute Gasteiger partial charge is 0.0775 e. The molecule has 108 valence electrons. The molecule has 0 aromatic carbocycles. The van der Waals surface area contributed by atoms with E-state index in [2.05, 4.69) is 63.6 Å². The molecule has 2 rings (SSSR count). The van der Waals surface area contributed by atoms with Crippen molar-refractivity contribution in [2.45, 2.75) is 65.0 Å². The summed E-state index contributed by atoms with van der Waals surface area (Å²) in [5.74, 6) is 0. The van der Waals surface area contributed by atoms with E-state index in [4.69, 9.17) is 0 Å². The molecule has 0 fully saturated rings. The highest BCUT2D eigenvalue weighted by Gasteiger charge is 2.27. The van der Waals surface area contributed by atoms with Gasteiger partial charge in [-0.25, -0.2) is 0 Å². The second-order valence-electron chi connectivity index (χ2n) is 7.95. The van der Waals surface area contributed by atoms with Gasteiger partial charge in [-0.3, -0.25) is 0 Å². The first kappa shape index (κ1) is 15.8. The first-order chi connectivity index (χ1) is 9.19. The van der Waals surface area contributed by atoms with Gasteiger partial charge in [-0.15, -0.1) is 0 Å². The van der Waals surface area contributed by atoms with Gasteiger partial charge in [-0.2, -0.15) is 0 Å². The van der Waals surface area contributed by atoms with Crippen LogP contribution in [-0.4, -0.2) is 16.1 Å². The average Bonchev–Trinajstić information content (AvgIpc) is 2.93. The van der Waals surface area contributed by atoms with Crippen molar-refractivity contribution in [1.82, 2.24) is 0 Å². The molecule has 20 heavy (non-hydrogen) atoms. The van der Waals surface area contributed by atoms with Crippen LogP contribution in [0.15, 0.2) is 33.7 Å². The molecule has 0 atom stereocenters. The molecule has 0 amide bonds. The molecule has 0 saturated heterocycles. The largest absolute Gasteiger partial charge is 0.0806 e. The van der Waals surface area contributed by atoms with Crippen molar-refractivity contribution in [1.29, 1.82) is 0 Å². The molecule has 0 aliphatic heterocycles. The van der Waals surface area contributed by atoms with Gasteiger partial charge in [0.05, 0.1) is 16.1 Å². The van der Waals surface area contributed by atoms with E-state index in [1.165, 1.54) is 24.0 Å². The van der Waals surface area contributed by atoms with Gasteiger partial charge in [0.15, 0.2) is 0 Å². The summed E-state index contributed by atoms with van der Waals surface area (Å²) >= 11 is 0. The van der Waals surface area contributed by atoms with Gasteiger partial charge in [0.2, 0.25) is 0 Å². The molecule has 2 aliphatic rings. The zero-order chi connectivity index (χ0) is 15.0. The lowest BCUT2D eigenvalue weighted by Crippen LogP contribution is -2.25. The van der Waals surface area contributed by atoms with E-state index in [0.717, 1.165) is 12.8 Å².